The Morgan fingerprint density at radius 2 is 2.13 bits per heavy atom. The average molecular weight is 224 g/mol. The van der Waals surface area contributed by atoms with Crippen LogP contribution in [0, 0.1) is 0 Å². The topological polar surface area (TPSA) is 47.3 Å². The van der Waals surface area contributed by atoms with E-state index in [1.807, 2.05) is 30.3 Å². The van der Waals surface area contributed by atoms with Crippen molar-refractivity contribution in [3.05, 3.63) is 35.9 Å². The summed E-state index contributed by atoms with van der Waals surface area (Å²) in [4.78, 5) is 0. The normalized spacial score (nSPS) is 11.9. The fourth-order valence-corrected chi connectivity index (χ4v) is 1.34. The van der Waals surface area contributed by atoms with Crippen LogP contribution in [0.4, 0.5) is 0 Å². The number of hydrogen-bond acceptors (Lipinski definition) is 3. The van der Waals surface area contributed by atoms with Crippen LogP contribution < -0.4 is 11.1 Å². The molecule has 0 aliphatic rings. The first kappa shape index (κ1) is 11.9. The molecule has 0 heterocycles. The Kier molecular flexibility index (Phi) is 5.07. The second kappa shape index (κ2) is 6.37. The van der Waals surface area contributed by atoms with Gasteiger partial charge in [-0.3, -0.25) is 0 Å². The van der Waals surface area contributed by atoms with Gasteiger partial charge in [-0.1, -0.05) is 30.3 Å². The lowest BCUT2D eigenvalue weighted by Crippen LogP contribution is -2.24. The van der Waals surface area contributed by atoms with Crippen molar-refractivity contribution in [1.82, 2.24) is 5.32 Å². The third-order valence-electron chi connectivity index (χ3n) is 2.18. The maximum Gasteiger partial charge on any atom is 0.256 e. The smallest absolute Gasteiger partial charge is 0.256 e. The zero-order chi connectivity index (χ0) is 11.1. The molecule has 0 aliphatic heterocycles. The highest BCUT2D eigenvalue weighted by Gasteiger charge is 2.10. The maximum absolute atomic E-state index is 5.69. The molecule has 1 atom stereocenters. The number of nitrogens with one attached hydrogen (secondary N) is 1. The van der Waals surface area contributed by atoms with Gasteiger partial charge in [0.2, 0.25) is 0 Å². The van der Waals surface area contributed by atoms with Crippen LogP contribution in [0.25, 0.3) is 0 Å². The highest BCUT2D eigenvalue weighted by Crippen LogP contribution is 2.14. The Labute approximate surface area is 95.6 Å². The second-order valence-electron chi connectivity index (χ2n) is 3.19. The first-order valence-electron chi connectivity index (χ1n) is 4.87. The molecule has 0 saturated heterocycles. The van der Waals surface area contributed by atoms with Gasteiger partial charge in [-0.05, 0) is 17.8 Å². The highest BCUT2D eigenvalue weighted by atomic mass is 32.1. The Morgan fingerprint density at radius 1 is 1.47 bits per heavy atom. The zero-order valence-corrected chi connectivity index (χ0v) is 9.59. The molecule has 0 fully saturated rings. The van der Waals surface area contributed by atoms with E-state index in [0.29, 0.717) is 18.3 Å². The van der Waals surface area contributed by atoms with Gasteiger partial charge < -0.3 is 15.8 Å². The quantitative estimate of drug-likeness (QED) is 0.756. The Balaban J connectivity index is 2.53. The van der Waals surface area contributed by atoms with Crippen molar-refractivity contribution >= 4 is 17.4 Å². The van der Waals surface area contributed by atoms with Crippen molar-refractivity contribution in [2.24, 2.45) is 5.73 Å². The summed E-state index contributed by atoms with van der Waals surface area (Å²) in [6.07, 6.45) is 0. The van der Waals surface area contributed by atoms with Crippen LogP contribution in [0.15, 0.2) is 30.3 Å². The van der Waals surface area contributed by atoms with Gasteiger partial charge in [0.15, 0.2) is 0 Å². The van der Waals surface area contributed by atoms with Gasteiger partial charge in [-0.15, -0.1) is 0 Å². The molecule has 1 unspecified atom stereocenters. The van der Waals surface area contributed by atoms with Crippen LogP contribution in [0.2, 0.25) is 0 Å². The molecule has 0 aromatic heterocycles. The van der Waals surface area contributed by atoms with E-state index in [1.165, 1.54) is 5.56 Å². The summed E-state index contributed by atoms with van der Waals surface area (Å²) >= 11 is 4.90. The van der Waals surface area contributed by atoms with E-state index in [1.54, 1.807) is 7.05 Å². The van der Waals surface area contributed by atoms with Crippen LogP contribution in [-0.2, 0) is 4.74 Å². The number of rotatable bonds is 4. The molecule has 0 amide bonds. The first-order chi connectivity index (χ1) is 7.27. The summed E-state index contributed by atoms with van der Waals surface area (Å²) in [6.45, 7) is 1.07. The van der Waals surface area contributed by atoms with Crippen LogP contribution >= 0.6 is 12.2 Å². The number of hydrogen-bond donors (Lipinski definition) is 2. The Hall–Kier alpha value is -1.13. The third kappa shape index (κ3) is 3.85. The lowest BCUT2D eigenvalue weighted by Gasteiger charge is -2.16. The minimum absolute atomic E-state index is 0.192. The molecule has 0 radical (unpaired) electrons. The summed E-state index contributed by atoms with van der Waals surface area (Å²) in [7, 11) is 1.74. The van der Waals surface area contributed by atoms with Crippen molar-refractivity contribution in [3.8, 4) is 0 Å². The van der Waals surface area contributed by atoms with E-state index in [9.17, 15) is 0 Å². The molecular formula is C11H16N2OS. The molecule has 3 N–H and O–H groups in total. The Bertz CT molecular complexity index is 303. The van der Waals surface area contributed by atoms with Gasteiger partial charge in [0.25, 0.3) is 5.17 Å². The van der Waals surface area contributed by atoms with Gasteiger partial charge in [-0.25, -0.2) is 0 Å². The van der Waals surface area contributed by atoms with E-state index in [0.717, 1.165) is 0 Å². The monoisotopic (exact) mass is 224 g/mol. The van der Waals surface area contributed by atoms with Crippen molar-refractivity contribution < 1.29 is 4.74 Å². The second-order valence-corrected chi connectivity index (χ2v) is 3.56. The van der Waals surface area contributed by atoms with E-state index in [4.69, 9.17) is 22.7 Å². The minimum Gasteiger partial charge on any atom is -0.470 e. The molecule has 1 aromatic carbocycles. The molecular weight excluding hydrogens is 208 g/mol. The number of ether oxygens (including phenoxy) is 1. The van der Waals surface area contributed by atoms with Crippen molar-refractivity contribution in [2.45, 2.75) is 5.92 Å². The van der Waals surface area contributed by atoms with Gasteiger partial charge in [0.1, 0.15) is 0 Å². The molecule has 3 nitrogen and oxygen atoms in total. The summed E-state index contributed by atoms with van der Waals surface area (Å²) in [5.74, 6) is 0.192. The van der Waals surface area contributed by atoms with E-state index in [-0.39, 0.29) is 5.92 Å². The lowest BCUT2D eigenvalue weighted by molar-refractivity contribution is 0.275. The van der Waals surface area contributed by atoms with Crippen molar-refractivity contribution in [1.29, 1.82) is 0 Å². The SMILES string of the molecule is CNC(=S)OCC(CN)c1ccccc1. The lowest BCUT2D eigenvalue weighted by atomic mass is 10.0. The standard InChI is InChI=1S/C11H16N2OS/c1-13-11(15)14-8-10(7-12)9-5-3-2-4-6-9/h2-6,10H,7-8,12H2,1H3,(H,13,15). The van der Waals surface area contributed by atoms with Crippen LogP contribution in [-0.4, -0.2) is 25.4 Å². The molecule has 4 heteroatoms. The van der Waals surface area contributed by atoms with Crippen LogP contribution in [0.3, 0.4) is 0 Å². The molecule has 0 saturated carbocycles. The molecule has 82 valence electrons. The van der Waals surface area contributed by atoms with E-state index < -0.39 is 0 Å². The largest absolute Gasteiger partial charge is 0.470 e. The summed E-state index contributed by atoms with van der Waals surface area (Å²) in [5, 5.41) is 3.17. The number of thiocarbonyl (C=S) groups is 1. The van der Waals surface area contributed by atoms with E-state index in [2.05, 4.69) is 5.32 Å². The molecule has 0 spiro atoms. The van der Waals surface area contributed by atoms with Gasteiger partial charge in [0, 0.05) is 19.5 Å². The highest BCUT2D eigenvalue weighted by molar-refractivity contribution is 7.80. The van der Waals surface area contributed by atoms with Crippen LogP contribution in [0.1, 0.15) is 11.5 Å². The number of nitrogens with two attached hydrogens (primary N) is 1. The minimum atomic E-state index is 0.192. The first-order valence-corrected chi connectivity index (χ1v) is 5.28. The van der Waals surface area contributed by atoms with Gasteiger partial charge in [-0.2, -0.15) is 0 Å². The van der Waals surface area contributed by atoms with Crippen molar-refractivity contribution in [2.75, 3.05) is 20.2 Å². The summed E-state index contributed by atoms with van der Waals surface area (Å²) in [6, 6.07) is 10.1. The predicted octanol–water partition coefficient (Wildman–Crippen LogP) is 1.25. The number of benzene rings is 1. The Morgan fingerprint density at radius 3 is 2.67 bits per heavy atom. The van der Waals surface area contributed by atoms with Crippen molar-refractivity contribution in [3.63, 3.8) is 0 Å². The van der Waals surface area contributed by atoms with Gasteiger partial charge >= 0.3 is 0 Å². The molecule has 0 aliphatic carbocycles. The fourth-order valence-electron chi connectivity index (χ4n) is 1.27. The zero-order valence-electron chi connectivity index (χ0n) is 8.77. The summed E-state index contributed by atoms with van der Waals surface area (Å²) < 4.78 is 5.34. The van der Waals surface area contributed by atoms with E-state index >= 15 is 0 Å². The third-order valence-corrected chi connectivity index (χ3v) is 2.50. The molecule has 0 bridgehead atoms. The maximum atomic E-state index is 5.69. The average Bonchev–Trinajstić information content (AvgIpc) is 2.31. The molecule has 15 heavy (non-hydrogen) atoms. The predicted molar refractivity (Wildman–Crippen MR) is 65.8 cm³/mol. The molecule has 1 aromatic rings. The van der Waals surface area contributed by atoms with Crippen LogP contribution in [0.5, 0.6) is 0 Å². The summed E-state index contributed by atoms with van der Waals surface area (Å²) in [5.41, 5.74) is 6.87. The fraction of sp³-hybridized carbons (Fsp3) is 0.364. The molecule has 1 rings (SSSR count). The van der Waals surface area contributed by atoms with Gasteiger partial charge in [0.05, 0.1) is 6.61 Å².